The number of carbonyl (C=O) groups is 1. The first-order valence-corrected chi connectivity index (χ1v) is 11.2. The quantitative estimate of drug-likeness (QED) is 0.554. The minimum absolute atomic E-state index is 0.106. The molecule has 1 aliphatic heterocycles. The van der Waals surface area contributed by atoms with Crippen LogP contribution in [-0.4, -0.2) is 64.3 Å². The van der Waals surface area contributed by atoms with E-state index < -0.39 is 0 Å². The van der Waals surface area contributed by atoms with Crippen molar-refractivity contribution in [2.45, 2.75) is 11.2 Å². The molecule has 1 saturated heterocycles. The summed E-state index contributed by atoms with van der Waals surface area (Å²) in [5.41, 5.74) is 2.95. The van der Waals surface area contributed by atoms with Gasteiger partial charge in [0.1, 0.15) is 11.8 Å². The summed E-state index contributed by atoms with van der Waals surface area (Å²) in [7, 11) is 3.60. The number of para-hydroxylation sites is 2. The molecule has 2 aromatic carbocycles. The van der Waals surface area contributed by atoms with Crippen LogP contribution in [0.25, 0.3) is 11.0 Å². The van der Waals surface area contributed by atoms with Crippen LogP contribution in [0, 0.1) is 11.3 Å². The van der Waals surface area contributed by atoms with Crippen molar-refractivity contribution in [3.05, 3.63) is 54.1 Å². The number of hydrogen-bond donors (Lipinski definition) is 0. The first-order valence-electron chi connectivity index (χ1n) is 10.2. The summed E-state index contributed by atoms with van der Waals surface area (Å²) >= 11 is 1.47. The second-order valence-electron chi connectivity index (χ2n) is 7.45. The van der Waals surface area contributed by atoms with Gasteiger partial charge in [0.05, 0.1) is 30.0 Å². The molecule has 0 bridgehead atoms. The van der Waals surface area contributed by atoms with Crippen LogP contribution in [0.1, 0.15) is 11.6 Å². The number of benzene rings is 2. The Morgan fingerprint density at radius 1 is 1.16 bits per heavy atom. The number of carbonyl (C=O) groups excluding carboxylic acids is 1. The fraction of sp³-hybridized carbons (Fsp3) is 0.348. The number of methoxy groups -OCH3 is 1. The lowest BCUT2D eigenvalue weighted by atomic mass is 10.1. The van der Waals surface area contributed by atoms with Gasteiger partial charge >= 0.3 is 0 Å². The second-order valence-corrected chi connectivity index (χ2v) is 8.39. The highest BCUT2D eigenvalue weighted by Crippen LogP contribution is 2.25. The van der Waals surface area contributed by atoms with Crippen LogP contribution in [0.5, 0.6) is 5.75 Å². The lowest BCUT2D eigenvalue weighted by molar-refractivity contribution is -0.130. The van der Waals surface area contributed by atoms with E-state index in [0.29, 0.717) is 31.9 Å². The Balaban J connectivity index is 1.32. The van der Waals surface area contributed by atoms with E-state index in [1.54, 1.807) is 7.11 Å². The maximum Gasteiger partial charge on any atom is 0.233 e. The van der Waals surface area contributed by atoms with Crippen molar-refractivity contribution in [2.24, 2.45) is 7.05 Å². The molecule has 0 radical (unpaired) electrons. The molecule has 8 heteroatoms. The highest BCUT2D eigenvalue weighted by Gasteiger charge is 2.27. The van der Waals surface area contributed by atoms with E-state index in [0.717, 1.165) is 27.5 Å². The summed E-state index contributed by atoms with van der Waals surface area (Å²) in [6, 6.07) is 17.6. The fourth-order valence-electron chi connectivity index (χ4n) is 3.85. The van der Waals surface area contributed by atoms with Gasteiger partial charge in [-0.1, -0.05) is 36.0 Å². The van der Waals surface area contributed by atoms with Gasteiger partial charge in [-0.05, 0) is 29.8 Å². The number of piperazine rings is 1. The lowest BCUT2D eigenvalue weighted by Crippen LogP contribution is -2.50. The van der Waals surface area contributed by atoms with E-state index in [4.69, 9.17) is 4.74 Å². The summed E-state index contributed by atoms with van der Waals surface area (Å²) < 4.78 is 7.22. The Kier molecular flexibility index (Phi) is 6.44. The third kappa shape index (κ3) is 4.53. The molecule has 0 saturated carbocycles. The Hall–Kier alpha value is -3.02. The van der Waals surface area contributed by atoms with Gasteiger partial charge in [-0.25, -0.2) is 4.98 Å². The molecule has 3 aromatic rings. The van der Waals surface area contributed by atoms with E-state index in [9.17, 15) is 10.1 Å². The Morgan fingerprint density at radius 2 is 1.87 bits per heavy atom. The number of thioether (sulfide) groups is 1. The summed E-state index contributed by atoms with van der Waals surface area (Å²) in [6.45, 7) is 2.59. The number of aryl methyl sites for hydroxylation is 1. The van der Waals surface area contributed by atoms with Crippen molar-refractivity contribution in [3.8, 4) is 11.8 Å². The number of aromatic nitrogens is 2. The zero-order valence-electron chi connectivity index (χ0n) is 17.7. The molecular weight excluding hydrogens is 410 g/mol. The van der Waals surface area contributed by atoms with Gasteiger partial charge < -0.3 is 14.2 Å². The summed E-state index contributed by atoms with van der Waals surface area (Å²) in [6.07, 6.45) is 0. The molecule has 4 rings (SSSR count). The molecule has 1 aromatic heterocycles. The average Bonchev–Trinajstić information content (AvgIpc) is 3.14. The molecule has 2 heterocycles. The van der Waals surface area contributed by atoms with E-state index in [2.05, 4.69) is 16.0 Å². The number of nitriles is 1. The van der Waals surface area contributed by atoms with Gasteiger partial charge in [-0.15, -0.1) is 0 Å². The molecule has 1 aliphatic rings. The van der Waals surface area contributed by atoms with E-state index in [-0.39, 0.29) is 11.9 Å². The zero-order valence-corrected chi connectivity index (χ0v) is 18.5. The van der Waals surface area contributed by atoms with Crippen molar-refractivity contribution in [1.29, 1.82) is 5.26 Å². The second kappa shape index (κ2) is 9.41. The highest BCUT2D eigenvalue weighted by molar-refractivity contribution is 7.99. The average molecular weight is 436 g/mol. The van der Waals surface area contributed by atoms with Crippen LogP contribution in [-0.2, 0) is 11.8 Å². The smallest absolute Gasteiger partial charge is 0.233 e. The van der Waals surface area contributed by atoms with Crippen LogP contribution >= 0.6 is 11.8 Å². The summed E-state index contributed by atoms with van der Waals surface area (Å²) in [4.78, 5) is 21.4. The lowest BCUT2D eigenvalue weighted by Gasteiger charge is -2.37. The molecule has 0 aliphatic carbocycles. The number of nitrogens with zero attached hydrogens (tertiary/aromatic N) is 5. The molecule has 1 amide bonds. The third-order valence-electron chi connectivity index (χ3n) is 5.66. The molecule has 31 heavy (non-hydrogen) atoms. The number of hydrogen-bond acceptors (Lipinski definition) is 6. The number of amides is 1. The molecule has 1 atom stereocenters. The van der Waals surface area contributed by atoms with Crippen molar-refractivity contribution in [3.63, 3.8) is 0 Å². The standard InChI is InChI=1S/C23H25N5O2S/c1-26-20-6-4-3-5-19(20)25-23(26)31-16-22(29)28-13-11-27(12-14-28)21(15-24)17-7-9-18(30-2)10-8-17/h3-10,21H,11-14,16H2,1-2H3. The predicted octanol–water partition coefficient (Wildman–Crippen LogP) is 3.08. The van der Waals surface area contributed by atoms with Crippen LogP contribution in [0.3, 0.4) is 0 Å². The van der Waals surface area contributed by atoms with E-state index in [1.807, 2.05) is 65.0 Å². The van der Waals surface area contributed by atoms with E-state index in [1.165, 1.54) is 11.8 Å². The van der Waals surface area contributed by atoms with Gasteiger partial charge in [-0.3, -0.25) is 9.69 Å². The van der Waals surface area contributed by atoms with Crippen LogP contribution in [0.15, 0.2) is 53.7 Å². The Morgan fingerprint density at radius 3 is 2.52 bits per heavy atom. The maximum absolute atomic E-state index is 12.8. The van der Waals surface area contributed by atoms with Gasteiger partial charge in [0.2, 0.25) is 5.91 Å². The van der Waals surface area contributed by atoms with Crippen molar-refractivity contribution >= 4 is 28.7 Å². The molecule has 0 spiro atoms. The largest absolute Gasteiger partial charge is 0.497 e. The highest BCUT2D eigenvalue weighted by atomic mass is 32.2. The molecule has 1 unspecified atom stereocenters. The van der Waals surface area contributed by atoms with Crippen LogP contribution < -0.4 is 4.74 Å². The number of fused-ring (bicyclic) bond motifs is 1. The van der Waals surface area contributed by atoms with E-state index >= 15 is 0 Å². The third-order valence-corrected chi connectivity index (χ3v) is 6.67. The Bertz CT molecular complexity index is 1100. The van der Waals surface area contributed by atoms with Gasteiger partial charge in [0, 0.05) is 33.2 Å². The molecule has 0 N–H and O–H groups in total. The van der Waals surface area contributed by atoms with Crippen molar-refractivity contribution in [2.75, 3.05) is 39.0 Å². The maximum atomic E-state index is 12.8. The van der Waals surface area contributed by atoms with Gasteiger partial charge in [0.15, 0.2) is 5.16 Å². The normalized spacial score (nSPS) is 15.6. The van der Waals surface area contributed by atoms with Gasteiger partial charge in [0.25, 0.3) is 0 Å². The molecule has 1 fully saturated rings. The summed E-state index contributed by atoms with van der Waals surface area (Å²) in [5, 5.41) is 10.6. The molecular formula is C23H25N5O2S. The number of imidazole rings is 1. The summed E-state index contributed by atoms with van der Waals surface area (Å²) in [5.74, 6) is 1.24. The van der Waals surface area contributed by atoms with Gasteiger partial charge in [-0.2, -0.15) is 5.26 Å². The molecule has 7 nitrogen and oxygen atoms in total. The first-order chi connectivity index (χ1) is 15.1. The Labute approximate surface area is 186 Å². The van der Waals surface area contributed by atoms with Crippen molar-refractivity contribution in [1.82, 2.24) is 19.4 Å². The topological polar surface area (TPSA) is 74.4 Å². The number of rotatable bonds is 6. The fourth-order valence-corrected chi connectivity index (χ4v) is 4.74. The SMILES string of the molecule is COc1ccc(C(C#N)N2CCN(C(=O)CSc3nc4ccccc4n3C)CC2)cc1. The minimum atomic E-state index is -0.322. The monoisotopic (exact) mass is 435 g/mol. The zero-order chi connectivity index (χ0) is 21.8. The first kappa shape index (κ1) is 21.2. The minimum Gasteiger partial charge on any atom is -0.497 e. The number of ether oxygens (including phenoxy) is 1. The van der Waals surface area contributed by atoms with Crippen LogP contribution in [0.2, 0.25) is 0 Å². The molecule has 160 valence electrons. The van der Waals surface area contributed by atoms with Crippen molar-refractivity contribution < 1.29 is 9.53 Å². The predicted molar refractivity (Wildman–Crippen MR) is 121 cm³/mol. The van der Waals surface area contributed by atoms with Crippen LogP contribution in [0.4, 0.5) is 0 Å².